The summed E-state index contributed by atoms with van der Waals surface area (Å²) in [5.74, 6) is -0.410. The quantitative estimate of drug-likeness (QED) is 0.602. The highest BCUT2D eigenvalue weighted by molar-refractivity contribution is 5.95. The van der Waals surface area contributed by atoms with Crippen molar-refractivity contribution in [3.8, 4) is 0 Å². The van der Waals surface area contributed by atoms with Crippen molar-refractivity contribution in [2.24, 2.45) is 0 Å². The standard InChI is InChI=1S/C20H27N3O3/c1-6-12-23-16(13-22(4)5)17(19(24)26-7-2)18(21-20(23)25)15-11-9-8-10-14(15)3/h6,8-11,18H,1,7,12-13H2,2-5H3,(H,21,25). The third-order valence-electron chi connectivity index (χ3n) is 4.21. The number of hydrogen-bond acceptors (Lipinski definition) is 4. The minimum atomic E-state index is -0.543. The van der Waals surface area contributed by atoms with Gasteiger partial charge in [-0.05, 0) is 39.1 Å². The van der Waals surface area contributed by atoms with Crippen LogP contribution >= 0.6 is 0 Å². The van der Waals surface area contributed by atoms with Crippen LogP contribution in [0, 0.1) is 6.92 Å². The number of nitrogens with zero attached hydrogens (tertiary/aromatic N) is 2. The van der Waals surface area contributed by atoms with Gasteiger partial charge in [-0.25, -0.2) is 9.59 Å². The molecule has 0 bridgehead atoms. The summed E-state index contributed by atoms with van der Waals surface area (Å²) in [6.07, 6.45) is 1.64. The van der Waals surface area contributed by atoms with Gasteiger partial charge in [0, 0.05) is 18.8 Å². The van der Waals surface area contributed by atoms with Gasteiger partial charge in [0.25, 0.3) is 0 Å². The van der Waals surface area contributed by atoms with Gasteiger partial charge >= 0.3 is 12.0 Å². The van der Waals surface area contributed by atoms with Gasteiger partial charge in [-0.2, -0.15) is 0 Å². The van der Waals surface area contributed by atoms with Gasteiger partial charge in [0.2, 0.25) is 0 Å². The number of carbonyl (C=O) groups excluding carboxylic acids is 2. The first kappa shape index (κ1) is 19.7. The number of urea groups is 1. The molecule has 1 unspecified atom stereocenters. The fourth-order valence-corrected chi connectivity index (χ4v) is 3.09. The van der Waals surface area contributed by atoms with Gasteiger partial charge in [0.15, 0.2) is 0 Å². The van der Waals surface area contributed by atoms with Gasteiger partial charge in [-0.1, -0.05) is 30.3 Å². The van der Waals surface area contributed by atoms with E-state index in [-0.39, 0.29) is 12.6 Å². The average molecular weight is 357 g/mol. The van der Waals surface area contributed by atoms with Crippen molar-refractivity contribution in [3.63, 3.8) is 0 Å². The predicted molar refractivity (Wildman–Crippen MR) is 102 cm³/mol. The Morgan fingerprint density at radius 1 is 1.38 bits per heavy atom. The van der Waals surface area contributed by atoms with E-state index in [0.29, 0.717) is 24.4 Å². The lowest BCUT2D eigenvalue weighted by Crippen LogP contribution is -2.50. The number of nitrogens with one attached hydrogen (secondary N) is 1. The molecule has 1 N–H and O–H groups in total. The molecule has 0 spiro atoms. The van der Waals surface area contributed by atoms with E-state index in [9.17, 15) is 9.59 Å². The van der Waals surface area contributed by atoms with E-state index >= 15 is 0 Å². The molecule has 1 heterocycles. The van der Waals surface area contributed by atoms with E-state index in [1.807, 2.05) is 50.2 Å². The second-order valence-electron chi connectivity index (χ2n) is 6.46. The highest BCUT2D eigenvalue weighted by Gasteiger charge is 2.38. The van der Waals surface area contributed by atoms with Crippen molar-refractivity contribution in [1.82, 2.24) is 15.1 Å². The molecule has 140 valence electrons. The highest BCUT2D eigenvalue weighted by Crippen LogP contribution is 2.33. The van der Waals surface area contributed by atoms with Crippen LogP contribution in [0.3, 0.4) is 0 Å². The fourth-order valence-electron chi connectivity index (χ4n) is 3.09. The van der Waals surface area contributed by atoms with Crippen molar-refractivity contribution in [3.05, 3.63) is 59.3 Å². The molecule has 0 aliphatic carbocycles. The first-order valence-corrected chi connectivity index (χ1v) is 8.70. The zero-order valence-electron chi connectivity index (χ0n) is 15.9. The molecule has 1 atom stereocenters. The second kappa shape index (κ2) is 8.67. The van der Waals surface area contributed by atoms with Crippen LogP contribution < -0.4 is 5.32 Å². The minimum Gasteiger partial charge on any atom is -0.463 e. The van der Waals surface area contributed by atoms with Crippen molar-refractivity contribution in [2.75, 3.05) is 33.8 Å². The molecular weight excluding hydrogens is 330 g/mol. The maximum absolute atomic E-state index is 12.8. The van der Waals surface area contributed by atoms with E-state index in [2.05, 4.69) is 11.9 Å². The Morgan fingerprint density at radius 2 is 2.08 bits per heavy atom. The number of hydrogen-bond donors (Lipinski definition) is 1. The molecule has 0 saturated carbocycles. The number of esters is 1. The number of ether oxygens (including phenoxy) is 1. The molecule has 1 aliphatic heterocycles. The third kappa shape index (κ3) is 4.14. The van der Waals surface area contributed by atoms with Crippen molar-refractivity contribution >= 4 is 12.0 Å². The molecule has 2 rings (SSSR count). The highest BCUT2D eigenvalue weighted by atomic mass is 16.5. The monoisotopic (exact) mass is 357 g/mol. The summed E-state index contributed by atoms with van der Waals surface area (Å²) in [6, 6.07) is 6.94. The maximum atomic E-state index is 12.8. The van der Waals surface area contributed by atoms with Crippen molar-refractivity contribution in [2.45, 2.75) is 19.9 Å². The lowest BCUT2D eigenvalue weighted by Gasteiger charge is -2.37. The zero-order chi connectivity index (χ0) is 19.3. The first-order chi connectivity index (χ1) is 12.4. The molecule has 2 amide bonds. The largest absolute Gasteiger partial charge is 0.463 e. The van der Waals surface area contributed by atoms with Gasteiger partial charge < -0.3 is 15.0 Å². The van der Waals surface area contributed by atoms with Gasteiger partial charge in [0.05, 0.1) is 18.2 Å². The number of aryl methyl sites for hydroxylation is 1. The SMILES string of the molecule is C=CCN1C(=O)NC(c2ccccc2C)C(C(=O)OCC)=C1CN(C)C. The summed E-state index contributed by atoms with van der Waals surface area (Å²) in [7, 11) is 3.80. The Hall–Kier alpha value is -2.60. The number of amides is 2. The Balaban J connectivity index is 2.67. The van der Waals surface area contributed by atoms with E-state index in [4.69, 9.17) is 4.74 Å². The smallest absolute Gasteiger partial charge is 0.338 e. The molecule has 1 aromatic rings. The molecule has 6 heteroatoms. The Kier molecular flexibility index (Phi) is 6.58. The van der Waals surface area contributed by atoms with Crippen LogP contribution in [0.25, 0.3) is 0 Å². The average Bonchev–Trinajstić information content (AvgIpc) is 2.58. The van der Waals surface area contributed by atoms with Gasteiger partial charge in [-0.3, -0.25) is 4.90 Å². The van der Waals surface area contributed by atoms with E-state index in [1.165, 1.54) is 0 Å². The Morgan fingerprint density at radius 3 is 2.65 bits per heavy atom. The third-order valence-corrected chi connectivity index (χ3v) is 4.21. The van der Waals surface area contributed by atoms with Crippen LogP contribution in [-0.4, -0.2) is 55.6 Å². The van der Waals surface area contributed by atoms with Crippen LogP contribution in [0.2, 0.25) is 0 Å². The molecule has 1 aliphatic rings. The topological polar surface area (TPSA) is 61.9 Å². The van der Waals surface area contributed by atoms with Crippen LogP contribution in [0.4, 0.5) is 4.79 Å². The zero-order valence-corrected chi connectivity index (χ0v) is 15.9. The summed E-state index contributed by atoms with van der Waals surface area (Å²) >= 11 is 0. The molecule has 0 radical (unpaired) electrons. The first-order valence-electron chi connectivity index (χ1n) is 8.70. The van der Waals surface area contributed by atoms with Crippen molar-refractivity contribution in [1.29, 1.82) is 0 Å². The normalized spacial score (nSPS) is 17.3. The summed E-state index contributed by atoms with van der Waals surface area (Å²) in [5.41, 5.74) is 3.00. The van der Waals surface area contributed by atoms with Crippen LogP contribution in [0.1, 0.15) is 24.1 Å². The van der Waals surface area contributed by atoms with E-state index in [1.54, 1.807) is 17.9 Å². The van der Waals surface area contributed by atoms with Gasteiger partial charge in [-0.15, -0.1) is 6.58 Å². The summed E-state index contributed by atoms with van der Waals surface area (Å²) < 4.78 is 5.33. The van der Waals surface area contributed by atoms with E-state index < -0.39 is 12.0 Å². The molecule has 26 heavy (non-hydrogen) atoms. The van der Waals surface area contributed by atoms with Crippen LogP contribution in [0.15, 0.2) is 48.2 Å². The molecule has 1 aromatic carbocycles. The minimum absolute atomic E-state index is 0.247. The fraction of sp³-hybridized carbons (Fsp3) is 0.400. The molecule has 6 nitrogen and oxygen atoms in total. The molecular formula is C20H27N3O3. The summed E-state index contributed by atoms with van der Waals surface area (Å²) in [5, 5.41) is 2.96. The van der Waals surface area contributed by atoms with Crippen LogP contribution in [-0.2, 0) is 9.53 Å². The van der Waals surface area contributed by atoms with Crippen LogP contribution in [0.5, 0.6) is 0 Å². The lowest BCUT2D eigenvalue weighted by atomic mass is 9.91. The Labute approximate surface area is 155 Å². The maximum Gasteiger partial charge on any atom is 0.338 e. The van der Waals surface area contributed by atoms with Crippen molar-refractivity contribution < 1.29 is 14.3 Å². The number of likely N-dealkylation sites (N-methyl/N-ethyl adjacent to an activating group) is 1. The van der Waals surface area contributed by atoms with Gasteiger partial charge in [0.1, 0.15) is 0 Å². The second-order valence-corrected chi connectivity index (χ2v) is 6.46. The molecule has 0 fully saturated rings. The predicted octanol–water partition coefficient (Wildman–Crippen LogP) is 2.63. The molecule has 0 saturated heterocycles. The number of rotatable bonds is 7. The lowest BCUT2D eigenvalue weighted by molar-refractivity contribution is -0.139. The van der Waals surface area contributed by atoms with E-state index in [0.717, 1.165) is 11.1 Å². The Bertz CT molecular complexity index is 725. The number of benzene rings is 1. The molecule has 0 aromatic heterocycles. The summed E-state index contributed by atoms with van der Waals surface area (Å²) in [4.78, 5) is 29.1. The summed E-state index contributed by atoms with van der Waals surface area (Å²) in [6.45, 7) is 8.50. The number of carbonyl (C=O) groups is 2.